The monoisotopic (exact) mass is 271 g/mol. The summed E-state index contributed by atoms with van der Waals surface area (Å²) in [5.74, 6) is 0.609. The predicted molar refractivity (Wildman–Crippen MR) is 70.2 cm³/mol. The van der Waals surface area contributed by atoms with E-state index in [1.54, 1.807) is 11.8 Å². The molecule has 0 bridgehead atoms. The molecular formula is C12H14ClNO2S. The second kappa shape index (κ2) is 5.76. The van der Waals surface area contributed by atoms with Crippen LogP contribution in [-0.2, 0) is 10.5 Å². The number of benzene rings is 1. The third kappa shape index (κ3) is 3.63. The number of aliphatic hydroxyl groups excluding tert-OH is 1. The first-order valence-electron chi connectivity index (χ1n) is 5.47. The van der Waals surface area contributed by atoms with Crippen LogP contribution >= 0.6 is 23.4 Å². The van der Waals surface area contributed by atoms with E-state index < -0.39 is 6.10 Å². The molecule has 1 aromatic carbocycles. The largest absolute Gasteiger partial charge is 0.383 e. The topological polar surface area (TPSA) is 49.3 Å². The van der Waals surface area contributed by atoms with Crippen molar-refractivity contribution in [1.29, 1.82) is 0 Å². The van der Waals surface area contributed by atoms with Crippen LogP contribution in [0.4, 0.5) is 0 Å². The number of carbonyl (C=O) groups excluding carboxylic acids is 1. The SMILES string of the molecule is O=C1NCC(SCc2ccc(Cl)cc2)CC1O. The number of carbonyl (C=O) groups is 1. The first-order valence-corrected chi connectivity index (χ1v) is 6.89. The fourth-order valence-corrected chi connectivity index (χ4v) is 2.96. The first-order chi connectivity index (χ1) is 8.15. The lowest BCUT2D eigenvalue weighted by molar-refractivity contribution is -0.131. The number of aliphatic hydroxyl groups is 1. The summed E-state index contributed by atoms with van der Waals surface area (Å²) in [6.07, 6.45) is -0.323. The lowest BCUT2D eigenvalue weighted by Gasteiger charge is -2.25. The first kappa shape index (κ1) is 12.7. The number of hydrogen-bond donors (Lipinski definition) is 2. The van der Waals surface area contributed by atoms with Crippen LogP contribution in [0.15, 0.2) is 24.3 Å². The molecule has 2 atom stereocenters. The van der Waals surface area contributed by atoms with E-state index in [2.05, 4.69) is 5.32 Å². The smallest absolute Gasteiger partial charge is 0.248 e. The van der Waals surface area contributed by atoms with Gasteiger partial charge in [-0.25, -0.2) is 0 Å². The number of piperidine rings is 1. The Labute approximate surface area is 110 Å². The molecule has 2 rings (SSSR count). The molecule has 0 aliphatic carbocycles. The van der Waals surface area contributed by atoms with Crippen molar-refractivity contribution >= 4 is 29.3 Å². The van der Waals surface area contributed by atoms with Gasteiger partial charge in [0.1, 0.15) is 6.10 Å². The molecule has 1 saturated heterocycles. The molecule has 0 saturated carbocycles. The van der Waals surface area contributed by atoms with Crippen LogP contribution in [0.25, 0.3) is 0 Å². The lowest BCUT2D eigenvalue weighted by Crippen LogP contribution is -2.46. The van der Waals surface area contributed by atoms with Crippen molar-refractivity contribution in [3.63, 3.8) is 0 Å². The third-order valence-electron chi connectivity index (χ3n) is 2.69. The highest BCUT2D eigenvalue weighted by Crippen LogP contribution is 2.24. The highest BCUT2D eigenvalue weighted by atomic mass is 35.5. The van der Waals surface area contributed by atoms with Crippen molar-refractivity contribution in [3.8, 4) is 0 Å². The molecule has 2 N–H and O–H groups in total. The Balaban J connectivity index is 1.82. The van der Waals surface area contributed by atoms with Gasteiger partial charge in [0.2, 0.25) is 5.91 Å². The third-order valence-corrected chi connectivity index (χ3v) is 4.27. The Bertz CT molecular complexity index is 396. The van der Waals surface area contributed by atoms with E-state index in [4.69, 9.17) is 11.6 Å². The van der Waals surface area contributed by atoms with Crippen molar-refractivity contribution in [3.05, 3.63) is 34.9 Å². The zero-order chi connectivity index (χ0) is 12.3. The van der Waals surface area contributed by atoms with Gasteiger partial charge >= 0.3 is 0 Å². The minimum absolute atomic E-state index is 0.256. The maximum absolute atomic E-state index is 11.1. The highest BCUT2D eigenvalue weighted by Gasteiger charge is 2.26. The van der Waals surface area contributed by atoms with Crippen LogP contribution in [0, 0.1) is 0 Å². The molecule has 92 valence electrons. The van der Waals surface area contributed by atoms with Gasteiger partial charge in [-0.15, -0.1) is 0 Å². The minimum atomic E-state index is -0.855. The Hall–Kier alpha value is -0.710. The van der Waals surface area contributed by atoms with E-state index in [0.717, 1.165) is 10.8 Å². The van der Waals surface area contributed by atoms with Crippen molar-refractivity contribution in [2.75, 3.05) is 6.54 Å². The summed E-state index contributed by atoms with van der Waals surface area (Å²) in [5, 5.41) is 13.1. The van der Waals surface area contributed by atoms with Crippen LogP contribution in [0.2, 0.25) is 5.02 Å². The van der Waals surface area contributed by atoms with E-state index in [1.807, 2.05) is 24.3 Å². The fourth-order valence-electron chi connectivity index (χ4n) is 1.69. The molecule has 1 fully saturated rings. The van der Waals surface area contributed by atoms with Crippen LogP contribution in [0.3, 0.4) is 0 Å². The molecular weight excluding hydrogens is 258 g/mol. The van der Waals surface area contributed by atoms with E-state index in [0.29, 0.717) is 13.0 Å². The summed E-state index contributed by atoms with van der Waals surface area (Å²) in [7, 11) is 0. The quantitative estimate of drug-likeness (QED) is 0.882. The van der Waals surface area contributed by atoms with Gasteiger partial charge in [0.25, 0.3) is 0 Å². The van der Waals surface area contributed by atoms with Gasteiger partial charge in [-0.3, -0.25) is 4.79 Å². The summed E-state index contributed by atoms with van der Waals surface area (Å²) >= 11 is 7.55. The highest BCUT2D eigenvalue weighted by molar-refractivity contribution is 7.99. The zero-order valence-corrected chi connectivity index (χ0v) is 10.8. The van der Waals surface area contributed by atoms with Gasteiger partial charge in [-0.2, -0.15) is 11.8 Å². The predicted octanol–water partition coefficient (Wildman–Crippen LogP) is 1.82. The Kier molecular flexibility index (Phi) is 4.31. The molecule has 0 aromatic heterocycles. The molecule has 0 radical (unpaired) electrons. The van der Waals surface area contributed by atoms with Crippen LogP contribution in [0.1, 0.15) is 12.0 Å². The summed E-state index contributed by atoms with van der Waals surface area (Å²) in [5.41, 5.74) is 1.20. The van der Waals surface area contributed by atoms with Crippen LogP contribution in [0.5, 0.6) is 0 Å². The molecule has 1 heterocycles. The number of nitrogens with one attached hydrogen (secondary N) is 1. The van der Waals surface area contributed by atoms with E-state index in [9.17, 15) is 9.90 Å². The molecule has 1 aliphatic heterocycles. The molecule has 17 heavy (non-hydrogen) atoms. The molecule has 0 spiro atoms. The van der Waals surface area contributed by atoms with Gasteiger partial charge in [-0.1, -0.05) is 23.7 Å². The normalized spacial score (nSPS) is 24.5. The molecule has 1 amide bonds. The number of thioether (sulfide) groups is 1. The summed E-state index contributed by atoms with van der Waals surface area (Å²) < 4.78 is 0. The van der Waals surface area contributed by atoms with Crippen LogP contribution < -0.4 is 5.32 Å². The standard InChI is InChI=1S/C12H14ClNO2S/c13-9-3-1-8(2-4-9)7-17-10-5-11(15)12(16)14-6-10/h1-4,10-11,15H,5-7H2,(H,14,16). The van der Waals surface area contributed by atoms with E-state index in [-0.39, 0.29) is 11.2 Å². The Morgan fingerprint density at radius 1 is 1.41 bits per heavy atom. The number of rotatable bonds is 3. The van der Waals surface area contributed by atoms with Crippen molar-refractivity contribution in [2.45, 2.75) is 23.5 Å². The fraction of sp³-hybridized carbons (Fsp3) is 0.417. The second-order valence-electron chi connectivity index (χ2n) is 4.06. The van der Waals surface area contributed by atoms with Crippen molar-refractivity contribution in [1.82, 2.24) is 5.32 Å². The van der Waals surface area contributed by atoms with Gasteiger partial charge in [-0.05, 0) is 24.1 Å². The number of hydrogen-bond acceptors (Lipinski definition) is 3. The van der Waals surface area contributed by atoms with E-state index in [1.165, 1.54) is 5.56 Å². The summed E-state index contributed by atoms with van der Waals surface area (Å²) in [6, 6.07) is 7.73. The van der Waals surface area contributed by atoms with E-state index >= 15 is 0 Å². The molecule has 1 aliphatic rings. The van der Waals surface area contributed by atoms with Gasteiger partial charge < -0.3 is 10.4 Å². The minimum Gasteiger partial charge on any atom is -0.383 e. The second-order valence-corrected chi connectivity index (χ2v) is 5.78. The summed E-state index contributed by atoms with van der Waals surface area (Å²) in [6.45, 7) is 0.633. The van der Waals surface area contributed by atoms with Crippen molar-refractivity contribution in [2.24, 2.45) is 0 Å². The molecule has 5 heteroatoms. The van der Waals surface area contributed by atoms with Gasteiger partial charge in [0.05, 0.1) is 0 Å². The maximum atomic E-state index is 11.1. The summed E-state index contributed by atoms with van der Waals surface area (Å²) in [4.78, 5) is 11.1. The maximum Gasteiger partial charge on any atom is 0.248 e. The Morgan fingerprint density at radius 3 is 2.76 bits per heavy atom. The molecule has 1 aromatic rings. The number of amides is 1. The zero-order valence-electron chi connectivity index (χ0n) is 9.23. The van der Waals surface area contributed by atoms with Crippen LogP contribution in [-0.4, -0.2) is 28.9 Å². The number of halogens is 1. The molecule has 3 nitrogen and oxygen atoms in total. The van der Waals surface area contributed by atoms with Gasteiger partial charge in [0, 0.05) is 22.6 Å². The average Bonchev–Trinajstić information content (AvgIpc) is 2.33. The van der Waals surface area contributed by atoms with Crippen molar-refractivity contribution < 1.29 is 9.90 Å². The Morgan fingerprint density at radius 2 is 2.12 bits per heavy atom. The lowest BCUT2D eigenvalue weighted by atomic mass is 10.1. The average molecular weight is 272 g/mol. The molecule has 2 unspecified atom stereocenters. The van der Waals surface area contributed by atoms with Gasteiger partial charge in [0.15, 0.2) is 0 Å².